The van der Waals surface area contributed by atoms with Crippen molar-refractivity contribution < 1.29 is 24.2 Å². The Balaban J connectivity index is 2.43. The van der Waals surface area contributed by atoms with Crippen LogP contribution in [0.25, 0.3) is 0 Å². The molecule has 1 aliphatic carbocycles. The lowest BCUT2D eigenvalue weighted by Crippen LogP contribution is -2.55. The van der Waals surface area contributed by atoms with Gasteiger partial charge in [0.1, 0.15) is 23.4 Å². The summed E-state index contributed by atoms with van der Waals surface area (Å²) in [7, 11) is 0. The lowest BCUT2D eigenvalue weighted by Gasteiger charge is -2.36. The van der Waals surface area contributed by atoms with E-state index in [1.807, 2.05) is 13.8 Å². The predicted octanol–water partition coefficient (Wildman–Crippen LogP) is 6.23. The van der Waals surface area contributed by atoms with Crippen LogP contribution in [0.1, 0.15) is 117 Å². The standard InChI is InChI=1S/C31H51N3O5/c1-7-8-9-10-14-20-34(29(37)26(22(2)3)33-30(38)39-31(4,5)6)27(23-16-15-19-25(35)21-23)28(36)32-24-17-12-11-13-18-24/h15-16,19,21-22,24,26-27,35H,7-14,17-18,20H2,1-6H3,(H,32,36)(H,33,38). The van der Waals surface area contributed by atoms with Crippen molar-refractivity contribution in [2.45, 2.75) is 129 Å². The average Bonchev–Trinajstić information content (AvgIpc) is 2.85. The second-order valence-electron chi connectivity index (χ2n) is 12.2. The van der Waals surface area contributed by atoms with Crippen LogP contribution in [0.5, 0.6) is 5.75 Å². The fourth-order valence-electron chi connectivity index (χ4n) is 5.07. The van der Waals surface area contributed by atoms with Crippen molar-refractivity contribution in [3.8, 4) is 5.75 Å². The predicted molar refractivity (Wildman–Crippen MR) is 154 cm³/mol. The highest BCUT2D eigenvalue weighted by molar-refractivity contribution is 5.92. The molecule has 39 heavy (non-hydrogen) atoms. The molecule has 0 spiro atoms. The Labute approximate surface area is 235 Å². The number of nitrogens with zero attached hydrogens (tertiary/aromatic N) is 1. The first-order valence-electron chi connectivity index (χ1n) is 14.8. The van der Waals surface area contributed by atoms with Crippen molar-refractivity contribution in [2.75, 3.05) is 6.54 Å². The summed E-state index contributed by atoms with van der Waals surface area (Å²) in [4.78, 5) is 42.4. The highest BCUT2D eigenvalue weighted by atomic mass is 16.6. The number of ether oxygens (including phenoxy) is 1. The highest BCUT2D eigenvalue weighted by Gasteiger charge is 2.38. The molecule has 1 aromatic carbocycles. The molecule has 220 valence electrons. The number of amides is 3. The van der Waals surface area contributed by atoms with Gasteiger partial charge in [-0.2, -0.15) is 0 Å². The smallest absolute Gasteiger partial charge is 0.408 e. The van der Waals surface area contributed by atoms with E-state index in [1.165, 1.54) is 0 Å². The number of hydrogen-bond acceptors (Lipinski definition) is 5. The number of carbonyl (C=O) groups is 3. The molecule has 1 aliphatic rings. The Morgan fingerprint density at radius 2 is 1.72 bits per heavy atom. The number of alkyl carbamates (subject to hydrolysis) is 1. The topological polar surface area (TPSA) is 108 Å². The fraction of sp³-hybridized carbons (Fsp3) is 0.710. The van der Waals surface area contributed by atoms with Crippen LogP contribution in [0.2, 0.25) is 0 Å². The maximum atomic E-state index is 14.2. The largest absolute Gasteiger partial charge is 0.508 e. The van der Waals surface area contributed by atoms with E-state index in [9.17, 15) is 19.5 Å². The molecule has 8 nitrogen and oxygen atoms in total. The summed E-state index contributed by atoms with van der Waals surface area (Å²) in [5.41, 5.74) is -0.164. The molecule has 2 rings (SSSR count). The minimum absolute atomic E-state index is 0.0330. The van der Waals surface area contributed by atoms with Gasteiger partial charge in [-0.1, -0.05) is 77.8 Å². The molecule has 2 atom stereocenters. The zero-order valence-corrected chi connectivity index (χ0v) is 24.9. The van der Waals surface area contributed by atoms with Crippen LogP contribution in [-0.4, -0.2) is 52.1 Å². The van der Waals surface area contributed by atoms with Crippen LogP contribution in [-0.2, 0) is 14.3 Å². The summed E-state index contributed by atoms with van der Waals surface area (Å²) in [5, 5.41) is 16.2. The van der Waals surface area contributed by atoms with E-state index in [0.29, 0.717) is 12.1 Å². The summed E-state index contributed by atoms with van der Waals surface area (Å²) in [6, 6.07) is 4.82. The first kappa shape index (κ1) is 32.4. The molecule has 0 heterocycles. The molecule has 0 saturated heterocycles. The number of hydrogen-bond donors (Lipinski definition) is 3. The highest BCUT2D eigenvalue weighted by Crippen LogP contribution is 2.28. The van der Waals surface area contributed by atoms with Gasteiger partial charge in [0.25, 0.3) is 0 Å². The molecule has 1 fully saturated rings. The van der Waals surface area contributed by atoms with E-state index in [2.05, 4.69) is 17.6 Å². The van der Waals surface area contributed by atoms with E-state index in [0.717, 1.165) is 64.2 Å². The summed E-state index contributed by atoms with van der Waals surface area (Å²) in [6.07, 6.45) is 9.39. The summed E-state index contributed by atoms with van der Waals surface area (Å²) in [6.45, 7) is 11.6. The SMILES string of the molecule is CCCCCCCN(C(=O)C(NC(=O)OC(C)(C)C)C(C)C)C(C(=O)NC1CCCCC1)c1cccc(O)c1. The average molecular weight is 546 g/mol. The van der Waals surface area contributed by atoms with Crippen molar-refractivity contribution >= 4 is 17.9 Å². The van der Waals surface area contributed by atoms with Crippen LogP contribution in [0, 0.1) is 5.92 Å². The quantitative estimate of drug-likeness (QED) is 0.255. The molecular weight excluding hydrogens is 494 g/mol. The van der Waals surface area contributed by atoms with Gasteiger partial charge >= 0.3 is 6.09 Å². The number of unbranched alkanes of at least 4 members (excludes halogenated alkanes) is 4. The van der Waals surface area contributed by atoms with Gasteiger partial charge in [0, 0.05) is 12.6 Å². The van der Waals surface area contributed by atoms with Gasteiger partial charge in [-0.25, -0.2) is 4.79 Å². The fourth-order valence-corrected chi connectivity index (χ4v) is 5.07. The molecule has 1 aromatic rings. The maximum absolute atomic E-state index is 14.2. The van der Waals surface area contributed by atoms with E-state index < -0.39 is 23.8 Å². The monoisotopic (exact) mass is 545 g/mol. The number of carbonyl (C=O) groups excluding carboxylic acids is 3. The number of phenolic OH excluding ortho intramolecular Hbond substituents is 1. The van der Waals surface area contributed by atoms with Crippen molar-refractivity contribution in [3.63, 3.8) is 0 Å². The summed E-state index contributed by atoms with van der Waals surface area (Å²) >= 11 is 0. The molecule has 0 aliphatic heterocycles. The van der Waals surface area contributed by atoms with Crippen molar-refractivity contribution in [1.82, 2.24) is 15.5 Å². The molecule has 1 saturated carbocycles. The van der Waals surface area contributed by atoms with E-state index in [-0.39, 0.29) is 29.5 Å². The zero-order chi connectivity index (χ0) is 29.0. The van der Waals surface area contributed by atoms with Crippen LogP contribution in [0.15, 0.2) is 24.3 Å². The van der Waals surface area contributed by atoms with E-state index >= 15 is 0 Å². The molecule has 3 amide bonds. The van der Waals surface area contributed by atoms with Crippen LogP contribution < -0.4 is 10.6 Å². The third kappa shape index (κ3) is 11.1. The minimum Gasteiger partial charge on any atom is -0.508 e. The van der Waals surface area contributed by atoms with Crippen LogP contribution in [0.4, 0.5) is 4.79 Å². The van der Waals surface area contributed by atoms with Crippen LogP contribution >= 0.6 is 0 Å². The molecule has 0 bridgehead atoms. The Hall–Kier alpha value is -2.77. The van der Waals surface area contributed by atoms with Gasteiger partial charge in [0.05, 0.1) is 0 Å². The van der Waals surface area contributed by atoms with Gasteiger partial charge in [-0.3, -0.25) is 9.59 Å². The molecule has 0 radical (unpaired) electrons. The molecule has 8 heteroatoms. The number of aromatic hydroxyl groups is 1. The number of rotatable bonds is 13. The van der Waals surface area contributed by atoms with Gasteiger partial charge in [-0.05, 0) is 63.6 Å². The van der Waals surface area contributed by atoms with Crippen LogP contribution in [0.3, 0.4) is 0 Å². The maximum Gasteiger partial charge on any atom is 0.408 e. The number of benzene rings is 1. The lowest BCUT2D eigenvalue weighted by molar-refractivity contribution is -0.143. The lowest BCUT2D eigenvalue weighted by atomic mass is 9.94. The molecule has 0 aromatic heterocycles. The summed E-state index contributed by atoms with van der Waals surface area (Å²) < 4.78 is 5.45. The Morgan fingerprint density at radius 3 is 2.31 bits per heavy atom. The van der Waals surface area contributed by atoms with Gasteiger partial charge in [0.15, 0.2) is 0 Å². The van der Waals surface area contributed by atoms with Crippen molar-refractivity contribution in [2.24, 2.45) is 5.92 Å². The third-order valence-electron chi connectivity index (χ3n) is 7.09. The third-order valence-corrected chi connectivity index (χ3v) is 7.09. The zero-order valence-electron chi connectivity index (χ0n) is 24.9. The molecule has 3 N–H and O–H groups in total. The van der Waals surface area contributed by atoms with Crippen molar-refractivity contribution in [1.29, 1.82) is 0 Å². The van der Waals surface area contributed by atoms with E-state index in [4.69, 9.17) is 4.74 Å². The first-order valence-corrected chi connectivity index (χ1v) is 14.8. The first-order chi connectivity index (χ1) is 18.4. The molecular formula is C31H51N3O5. The summed E-state index contributed by atoms with van der Waals surface area (Å²) in [5.74, 6) is -0.794. The minimum atomic E-state index is -0.931. The van der Waals surface area contributed by atoms with Gasteiger partial charge in [-0.15, -0.1) is 0 Å². The molecule has 2 unspecified atom stereocenters. The normalized spacial score (nSPS) is 15.9. The second-order valence-corrected chi connectivity index (χ2v) is 12.2. The number of phenols is 1. The van der Waals surface area contributed by atoms with E-state index in [1.54, 1.807) is 49.9 Å². The van der Waals surface area contributed by atoms with Gasteiger partial charge in [0.2, 0.25) is 11.8 Å². The van der Waals surface area contributed by atoms with Gasteiger partial charge < -0.3 is 25.4 Å². The second kappa shape index (κ2) is 15.7. The van der Waals surface area contributed by atoms with Crippen molar-refractivity contribution in [3.05, 3.63) is 29.8 Å². The Bertz CT molecular complexity index is 921. The number of nitrogens with one attached hydrogen (secondary N) is 2. The Morgan fingerprint density at radius 1 is 1.05 bits per heavy atom. The Kier molecular flexibility index (Phi) is 13.1.